The summed E-state index contributed by atoms with van der Waals surface area (Å²) in [6.45, 7) is 4.25. The number of para-hydroxylation sites is 1. The van der Waals surface area contributed by atoms with Gasteiger partial charge in [-0.2, -0.15) is 0 Å². The standard InChI is InChI=1S/C40H52N2O9.6CH4/c1-3-4-7-16-29-35-36(40(46)42(39(35)45)28-14-10-6-11-15-28)32(50-29)20-19-31-34-33(30(51-31)18-17-27-12-8-5-9-13-27)37(43)41(38(34)44)21-22-48-25-26-49-24-23-47-2;;;;;;/h5-6,8-15,29-36H,3-4,7,16-26H2,1-2H3;6*1H4. The van der Waals surface area contributed by atoms with Gasteiger partial charge in [-0.25, -0.2) is 4.90 Å². The average Bonchev–Trinajstić information content (AvgIpc) is 3.84. The van der Waals surface area contributed by atoms with E-state index in [4.69, 9.17) is 23.7 Å². The lowest BCUT2D eigenvalue weighted by Gasteiger charge is -2.24. The third-order valence-corrected chi connectivity index (χ3v) is 10.9. The van der Waals surface area contributed by atoms with Crippen LogP contribution in [0.4, 0.5) is 5.69 Å². The van der Waals surface area contributed by atoms with Gasteiger partial charge in [0.2, 0.25) is 23.6 Å². The molecule has 324 valence electrons. The topological polar surface area (TPSA) is 121 Å². The van der Waals surface area contributed by atoms with Crippen LogP contribution in [0.25, 0.3) is 0 Å². The van der Waals surface area contributed by atoms with Crippen molar-refractivity contribution in [2.75, 3.05) is 51.6 Å². The van der Waals surface area contributed by atoms with Crippen molar-refractivity contribution in [1.29, 1.82) is 0 Å². The molecule has 0 aromatic heterocycles. The number of hydrogen-bond acceptors (Lipinski definition) is 9. The molecule has 4 fully saturated rings. The first kappa shape index (κ1) is 53.5. The first-order valence-corrected chi connectivity index (χ1v) is 18.7. The van der Waals surface area contributed by atoms with E-state index in [1.165, 1.54) is 9.80 Å². The van der Waals surface area contributed by atoms with E-state index in [0.29, 0.717) is 57.8 Å². The van der Waals surface area contributed by atoms with Crippen LogP contribution in [0, 0.1) is 23.7 Å². The Morgan fingerprint density at radius 2 is 1.00 bits per heavy atom. The molecule has 0 spiro atoms. The molecule has 6 rings (SSSR count). The first-order valence-electron chi connectivity index (χ1n) is 18.7. The summed E-state index contributed by atoms with van der Waals surface area (Å²) in [5, 5.41) is 0. The Morgan fingerprint density at radius 3 is 1.53 bits per heavy atom. The van der Waals surface area contributed by atoms with Crippen LogP contribution in [-0.4, -0.2) is 99.6 Å². The molecule has 11 heteroatoms. The Labute approximate surface area is 345 Å². The maximum Gasteiger partial charge on any atom is 0.240 e. The second-order valence-electron chi connectivity index (χ2n) is 14.0. The molecule has 11 nitrogen and oxygen atoms in total. The van der Waals surface area contributed by atoms with E-state index in [-0.39, 0.29) is 87.4 Å². The second kappa shape index (κ2) is 25.8. The van der Waals surface area contributed by atoms with Gasteiger partial charge in [0.1, 0.15) is 0 Å². The summed E-state index contributed by atoms with van der Waals surface area (Å²) >= 11 is 0. The van der Waals surface area contributed by atoms with E-state index in [9.17, 15) is 19.2 Å². The van der Waals surface area contributed by atoms with Crippen LogP contribution in [0.2, 0.25) is 0 Å². The number of hydrogen-bond donors (Lipinski definition) is 0. The number of carbonyl (C=O) groups excluding carboxylic acids is 4. The molecule has 4 aliphatic heterocycles. The van der Waals surface area contributed by atoms with Gasteiger partial charge in [0.15, 0.2) is 0 Å². The van der Waals surface area contributed by atoms with Crippen LogP contribution >= 0.6 is 0 Å². The monoisotopic (exact) mass is 801 g/mol. The highest BCUT2D eigenvalue weighted by Crippen LogP contribution is 2.48. The summed E-state index contributed by atoms with van der Waals surface area (Å²) in [5.74, 6) is -3.20. The molecular formula is C46H76N2O9. The summed E-state index contributed by atoms with van der Waals surface area (Å²) in [4.78, 5) is 58.2. The van der Waals surface area contributed by atoms with Crippen LogP contribution in [0.5, 0.6) is 0 Å². The number of ether oxygens (including phenoxy) is 5. The van der Waals surface area contributed by atoms with Crippen molar-refractivity contribution in [2.45, 2.75) is 127 Å². The average molecular weight is 801 g/mol. The number of rotatable bonds is 20. The molecule has 0 aliphatic carbocycles. The lowest BCUT2D eigenvalue weighted by molar-refractivity contribution is -0.145. The van der Waals surface area contributed by atoms with Crippen LogP contribution in [-0.2, 0) is 49.3 Å². The molecule has 2 aromatic rings. The van der Waals surface area contributed by atoms with Gasteiger partial charge in [-0.3, -0.25) is 24.1 Å². The van der Waals surface area contributed by atoms with Crippen LogP contribution < -0.4 is 4.90 Å². The molecule has 2 aromatic carbocycles. The molecule has 8 atom stereocenters. The molecule has 0 bridgehead atoms. The number of amides is 4. The molecule has 4 saturated heterocycles. The zero-order valence-corrected chi connectivity index (χ0v) is 29.9. The van der Waals surface area contributed by atoms with Gasteiger partial charge < -0.3 is 23.7 Å². The van der Waals surface area contributed by atoms with Gasteiger partial charge in [0.25, 0.3) is 0 Å². The number of likely N-dealkylation sites (tertiary alicyclic amines) is 1. The van der Waals surface area contributed by atoms with Crippen molar-refractivity contribution in [2.24, 2.45) is 23.7 Å². The Kier molecular flexibility index (Phi) is 24.2. The van der Waals surface area contributed by atoms with Gasteiger partial charge in [-0.1, -0.05) is 119 Å². The molecule has 0 radical (unpaired) electrons. The quantitative estimate of drug-likeness (QED) is 0.0960. The van der Waals surface area contributed by atoms with E-state index < -0.39 is 42.0 Å². The van der Waals surface area contributed by atoms with Crippen molar-refractivity contribution in [3.63, 3.8) is 0 Å². The minimum atomic E-state index is -0.616. The third-order valence-electron chi connectivity index (χ3n) is 10.9. The second-order valence-corrected chi connectivity index (χ2v) is 14.0. The Balaban J connectivity index is 0.00000523. The Hall–Kier alpha value is -3.48. The minimum Gasteiger partial charge on any atom is -0.382 e. The smallest absolute Gasteiger partial charge is 0.240 e. The summed E-state index contributed by atoms with van der Waals surface area (Å²) in [7, 11) is 1.61. The van der Waals surface area contributed by atoms with Gasteiger partial charge in [-0.15, -0.1) is 0 Å². The number of imide groups is 2. The van der Waals surface area contributed by atoms with Crippen molar-refractivity contribution in [1.82, 2.24) is 4.90 Å². The number of anilines is 1. The van der Waals surface area contributed by atoms with E-state index >= 15 is 0 Å². The van der Waals surface area contributed by atoms with Gasteiger partial charge in [0.05, 0.1) is 93.4 Å². The lowest BCUT2D eigenvalue weighted by atomic mass is 9.83. The molecule has 57 heavy (non-hydrogen) atoms. The van der Waals surface area contributed by atoms with Crippen LogP contribution in [0.3, 0.4) is 0 Å². The summed E-state index contributed by atoms with van der Waals surface area (Å²) in [6.07, 6.45) is 4.14. The molecule has 4 amide bonds. The maximum atomic E-state index is 13.9. The minimum absolute atomic E-state index is 0. The normalized spacial score (nSPS) is 25.6. The van der Waals surface area contributed by atoms with Crippen molar-refractivity contribution >= 4 is 29.3 Å². The fraction of sp³-hybridized carbons (Fsp3) is 0.652. The number of benzene rings is 2. The zero-order chi connectivity index (χ0) is 35.7. The number of fused-ring (bicyclic) bond motifs is 2. The highest BCUT2D eigenvalue weighted by Gasteiger charge is 2.62. The molecule has 0 saturated carbocycles. The summed E-state index contributed by atoms with van der Waals surface area (Å²) in [6, 6.07) is 19.1. The van der Waals surface area contributed by atoms with Gasteiger partial charge in [-0.05, 0) is 49.8 Å². The number of carbonyl (C=O) groups is 4. The highest BCUT2D eigenvalue weighted by molar-refractivity contribution is 6.22. The first-order chi connectivity index (χ1) is 24.9. The summed E-state index contributed by atoms with van der Waals surface area (Å²) < 4.78 is 29.3. The Bertz CT molecular complexity index is 1470. The van der Waals surface area contributed by atoms with E-state index in [1.807, 2.05) is 36.4 Å². The number of nitrogens with zero attached hydrogens (tertiary/aromatic N) is 2. The van der Waals surface area contributed by atoms with Crippen molar-refractivity contribution in [3.8, 4) is 0 Å². The van der Waals surface area contributed by atoms with E-state index in [2.05, 4.69) is 19.1 Å². The van der Waals surface area contributed by atoms with E-state index in [1.54, 1.807) is 19.2 Å². The van der Waals surface area contributed by atoms with Crippen LogP contribution in [0.1, 0.15) is 102 Å². The van der Waals surface area contributed by atoms with Crippen molar-refractivity contribution in [3.05, 3.63) is 66.2 Å². The number of methoxy groups -OCH3 is 1. The maximum absolute atomic E-state index is 13.9. The van der Waals surface area contributed by atoms with Crippen LogP contribution in [0.15, 0.2) is 60.7 Å². The van der Waals surface area contributed by atoms with Gasteiger partial charge in [0, 0.05) is 7.11 Å². The highest BCUT2D eigenvalue weighted by atomic mass is 16.5. The fourth-order valence-corrected chi connectivity index (χ4v) is 8.38. The van der Waals surface area contributed by atoms with E-state index in [0.717, 1.165) is 31.2 Å². The molecule has 4 aliphatic rings. The predicted octanol–water partition coefficient (Wildman–Crippen LogP) is 8.42. The molecule has 0 N–H and O–H groups in total. The third kappa shape index (κ3) is 12.0. The van der Waals surface area contributed by atoms with Gasteiger partial charge >= 0.3 is 0 Å². The predicted molar refractivity (Wildman–Crippen MR) is 229 cm³/mol. The van der Waals surface area contributed by atoms with Crippen molar-refractivity contribution < 1.29 is 42.9 Å². The Morgan fingerprint density at radius 1 is 0.544 bits per heavy atom. The zero-order valence-electron chi connectivity index (χ0n) is 29.9. The SMILES string of the molecule is C.C.C.C.C.C.CCCCCC1OC(CCC2OC(CCc3ccccc3)C3C(=O)N(CCOCCOCCOC)C(=O)C23)C2C(=O)N(c3ccccc3)C(=O)C12. The largest absolute Gasteiger partial charge is 0.382 e. The lowest BCUT2D eigenvalue weighted by Crippen LogP contribution is -2.39. The number of aryl methyl sites for hydroxylation is 1. The summed E-state index contributed by atoms with van der Waals surface area (Å²) in [5.41, 5.74) is 1.72. The molecular weight excluding hydrogens is 725 g/mol. The fourth-order valence-electron chi connectivity index (χ4n) is 8.38. The molecule has 4 heterocycles. The number of unbranched alkanes of at least 4 members (excludes halogenated alkanes) is 2. The molecule has 8 unspecified atom stereocenters.